The van der Waals surface area contributed by atoms with E-state index in [9.17, 15) is 0 Å². The third kappa shape index (κ3) is 1.62. The minimum Gasteiger partial charge on any atom is -0.399 e. The fourth-order valence-electron chi connectivity index (χ4n) is 2.88. The smallest absolute Gasteiger partial charge is 0.0317 e. The van der Waals surface area contributed by atoms with Crippen LogP contribution in [-0.4, -0.2) is 0 Å². The lowest BCUT2D eigenvalue weighted by molar-refractivity contribution is 0.844. The molecule has 0 bridgehead atoms. The monoisotopic (exact) mass is 223 g/mol. The summed E-state index contributed by atoms with van der Waals surface area (Å²) in [6.45, 7) is 4.43. The normalized spacial score (nSPS) is 17.4. The Kier molecular flexibility index (Phi) is 2.22. The molecule has 0 spiro atoms. The quantitative estimate of drug-likeness (QED) is 0.678. The lowest BCUT2D eigenvalue weighted by Crippen LogP contribution is -2.12. The number of benzene rings is 2. The molecule has 86 valence electrons. The Morgan fingerprint density at radius 3 is 2.41 bits per heavy atom. The van der Waals surface area contributed by atoms with Gasteiger partial charge >= 0.3 is 0 Å². The molecular weight excluding hydrogens is 206 g/mol. The van der Waals surface area contributed by atoms with Crippen molar-refractivity contribution < 1.29 is 0 Å². The molecule has 2 aromatic carbocycles. The molecule has 0 aliphatic heterocycles. The SMILES string of the molecule is Cc1ccc2c(c1)Cc1cc(N)ccc1C2C. The molecule has 0 amide bonds. The minimum absolute atomic E-state index is 0.481. The molecule has 0 fully saturated rings. The van der Waals surface area contributed by atoms with Crippen LogP contribution in [0.5, 0.6) is 0 Å². The molecule has 1 aliphatic rings. The molecular formula is C16H17N. The van der Waals surface area contributed by atoms with Gasteiger partial charge in [-0.05, 0) is 47.7 Å². The van der Waals surface area contributed by atoms with Crippen LogP contribution in [0, 0.1) is 6.92 Å². The maximum atomic E-state index is 5.88. The molecule has 0 heterocycles. The zero-order valence-corrected chi connectivity index (χ0v) is 10.3. The van der Waals surface area contributed by atoms with Gasteiger partial charge < -0.3 is 5.73 Å². The van der Waals surface area contributed by atoms with Crippen molar-refractivity contribution in [2.45, 2.75) is 26.2 Å². The van der Waals surface area contributed by atoms with E-state index in [0.717, 1.165) is 12.1 Å². The Balaban J connectivity index is 2.17. The van der Waals surface area contributed by atoms with E-state index < -0.39 is 0 Å². The first-order valence-electron chi connectivity index (χ1n) is 6.13. The summed E-state index contributed by atoms with van der Waals surface area (Å²) >= 11 is 0. The van der Waals surface area contributed by atoms with Crippen LogP contribution < -0.4 is 5.73 Å². The minimum atomic E-state index is 0.481. The molecule has 17 heavy (non-hydrogen) atoms. The van der Waals surface area contributed by atoms with E-state index in [-0.39, 0.29) is 0 Å². The fraction of sp³-hybridized carbons (Fsp3) is 0.250. The Bertz CT molecular complexity index is 533. The summed E-state index contributed by atoms with van der Waals surface area (Å²) in [5, 5.41) is 0. The lowest BCUT2D eigenvalue weighted by Gasteiger charge is -2.26. The highest BCUT2D eigenvalue weighted by Gasteiger charge is 2.21. The van der Waals surface area contributed by atoms with E-state index in [4.69, 9.17) is 5.73 Å². The van der Waals surface area contributed by atoms with Crippen molar-refractivity contribution in [3.05, 3.63) is 64.2 Å². The second-order valence-corrected chi connectivity index (χ2v) is 5.06. The summed E-state index contributed by atoms with van der Waals surface area (Å²) in [7, 11) is 0. The highest BCUT2D eigenvalue weighted by Crippen LogP contribution is 2.37. The van der Waals surface area contributed by atoms with Crippen molar-refractivity contribution in [2.24, 2.45) is 0 Å². The summed E-state index contributed by atoms with van der Waals surface area (Å²) in [5.41, 5.74) is 13.8. The first-order valence-corrected chi connectivity index (χ1v) is 6.13. The average Bonchev–Trinajstić information content (AvgIpc) is 2.28. The van der Waals surface area contributed by atoms with Crippen molar-refractivity contribution in [3.8, 4) is 0 Å². The number of nitrogen functional groups attached to an aromatic ring is 1. The van der Waals surface area contributed by atoms with Crippen molar-refractivity contribution in [1.82, 2.24) is 0 Å². The number of hydrogen-bond donors (Lipinski definition) is 1. The van der Waals surface area contributed by atoms with Crippen LogP contribution in [-0.2, 0) is 6.42 Å². The van der Waals surface area contributed by atoms with E-state index in [1.165, 1.54) is 27.8 Å². The van der Waals surface area contributed by atoms with Gasteiger partial charge in [0.2, 0.25) is 0 Å². The Morgan fingerprint density at radius 2 is 1.65 bits per heavy atom. The van der Waals surface area contributed by atoms with Crippen LogP contribution in [0.1, 0.15) is 40.7 Å². The summed E-state index contributed by atoms with van der Waals surface area (Å²) in [6.07, 6.45) is 1.02. The molecule has 2 aromatic rings. The average molecular weight is 223 g/mol. The molecule has 0 saturated carbocycles. The van der Waals surface area contributed by atoms with E-state index in [2.05, 4.69) is 44.2 Å². The Labute approximate surface area is 102 Å². The number of anilines is 1. The van der Waals surface area contributed by atoms with E-state index in [1.54, 1.807) is 0 Å². The van der Waals surface area contributed by atoms with Gasteiger partial charge in [0.25, 0.3) is 0 Å². The second kappa shape index (κ2) is 3.63. The maximum Gasteiger partial charge on any atom is 0.0317 e. The Hall–Kier alpha value is -1.76. The van der Waals surface area contributed by atoms with Crippen molar-refractivity contribution >= 4 is 5.69 Å². The van der Waals surface area contributed by atoms with Crippen LogP contribution in [0.25, 0.3) is 0 Å². The summed E-state index contributed by atoms with van der Waals surface area (Å²) in [4.78, 5) is 0. The highest BCUT2D eigenvalue weighted by molar-refractivity contribution is 5.54. The number of rotatable bonds is 0. The molecule has 1 nitrogen and oxygen atoms in total. The van der Waals surface area contributed by atoms with Gasteiger partial charge in [-0.3, -0.25) is 0 Å². The molecule has 1 atom stereocenters. The molecule has 2 N–H and O–H groups in total. The van der Waals surface area contributed by atoms with Crippen molar-refractivity contribution in [1.29, 1.82) is 0 Å². The molecule has 0 aromatic heterocycles. The molecule has 0 saturated heterocycles. The topological polar surface area (TPSA) is 26.0 Å². The standard InChI is InChI=1S/C16H17N/c1-10-3-5-15-11(2)16-6-4-14(17)9-13(16)8-12(15)7-10/h3-7,9,11H,8,17H2,1-2H3. The van der Waals surface area contributed by atoms with Gasteiger partial charge in [-0.1, -0.05) is 36.8 Å². The summed E-state index contributed by atoms with van der Waals surface area (Å²) < 4.78 is 0. The molecule has 3 rings (SSSR count). The lowest BCUT2D eigenvalue weighted by atomic mass is 9.78. The predicted octanol–water partition coefficient (Wildman–Crippen LogP) is 3.63. The van der Waals surface area contributed by atoms with Gasteiger partial charge in [0.1, 0.15) is 0 Å². The van der Waals surface area contributed by atoms with Crippen LogP contribution in [0.3, 0.4) is 0 Å². The van der Waals surface area contributed by atoms with Crippen molar-refractivity contribution in [3.63, 3.8) is 0 Å². The maximum absolute atomic E-state index is 5.88. The van der Waals surface area contributed by atoms with Gasteiger partial charge in [0.05, 0.1) is 0 Å². The first-order chi connectivity index (χ1) is 8.15. The predicted molar refractivity (Wildman–Crippen MR) is 72.4 cm³/mol. The van der Waals surface area contributed by atoms with Gasteiger partial charge in [-0.2, -0.15) is 0 Å². The largest absolute Gasteiger partial charge is 0.399 e. The van der Waals surface area contributed by atoms with Gasteiger partial charge in [-0.25, -0.2) is 0 Å². The van der Waals surface area contributed by atoms with E-state index >= 15 is 0 Å². The van der Waals surface area contributed by atoms with Gasteiger partial charge in [0, 0.05) is 11.6 Å². The van der Waals surface area contributed by atoms with Crippen LogP contribution in [0.15, 0.2) is 36.4 Å². The van der Waals surface area contributed by atoms with Crippen LogP contribution >= 0.6 is 0 Å². The highest BCUT2D eigenvalue weighted by atomic mass is 14.5. The van der Waals surface area contributed by atoms with E-state index in [1.807, 2.05) is 6.07 Å². The third-order valence-electron chi connectivity index (χ3n) is 3.78. The molecule has 0 radical (unpaired) electrons. The van der Waals surface area contributed by atoms with Gasteiger partial charge in [0.15, 0.2) is 0 Å². The third-order valence-corrected chi connectivity index (χ3v) is 3.78. The number of nitrogens with two attached hydrogens (primary N) is 1. The molecule has 1 aliphatic carbocycles. The van der Waals surface area contributed by atoms with Crippen LogP contribution in [0.2, 0.25) is 0 Å². The number of hydrogen-bond acceptors (Lipinski definition) is 1. The second-order valence-electron chi connectivity index (χ2n) is 5.06. The molecule has 1 heteroatoms. The number of aryl methyl sites for hydroxylation is 1. The number of fused-ring (bicyclic) bond motifs is 2. The van der Waals surface area contributed by atoms with Crippen molar-refractivity contribution in [2.75, 3.05) is 5.73 Å². The summed E-state index contributed by atoms with van der Waals surface area (Å²) in [5.74, 6) is 0.481. The first kappa shape index (κ1) is 10.4. The Morgan fingerprint density at radius 1 is 1.00 bits per heavy atom. The summed E-state index contributed by atoms with van der Waals surface area (Å²) in [6, 6.07) is 13.1. The zero-order valence-electron chi connectivity index (χ0n) is 10.3. The zero-order chi connectivity index (χ0) is 12.0. The fourth-order valence-corrected chi connectivity index (χ4v) is 2.88. The van der Waals surface area contributed by atoms with Gasteiger partial charge in [-0.15, -0.1) is 0 Å². The van der Waals surface area contributed by atoms with E-state index in [0.29, 0.717) is 5.92 Å². The van der Waals surface area contributed by atoms with Crippen LogP contribution in [0.4, 0.5) is 5.69 Å². The molecule has 1 unspecified atom stereocenters.